The Labute approximate surface area is 118 Å². The summed E-state index contributed by atoms with van der Waals surface area (Å²) < 4.78 is 19.5. The van der Waals surface area contributed by atoms with Crippen molar-refractivity contribution in [1.29, 1.82) is 0 Å². The second kappa shape index (κ2) is 6.01. The quantitative estimate of drug-likeness (QED) is 0.930. The molecule has 1 atom stereocenters. The molecule has 2 rings (SSSR count). The molecule has 0 aliphatic carbocycles. The van der Waals surface area contributed by atoms with Crippen LogP contribution in [0.4, 0.5) is 4.39 Å². The molecule has 1 aromatic heterocycles. The molecule has 106 valence electrons. The molecule has 3 nitrogen and oxygen atoms in total. The summed E-state index contributed by atoms with van der Waals surface area (Å²) in [5.41, 5.74) is 3.37. The number of rotatable bonds is 4. The Morgan fingerprint density at radius 3 is 2.50 bits per heavy atom. The van der Waals surface area contributed by atoms with Crippen LogP contribution < -0.4 is 10.1 Å². The lowest BCUT2D eigenvalue weighted by Crippen LogP contribution is -2.20. The molecule has 0 spiro atoms. The van der Waals surface area contributed by atoms with Crippen molar-refractivity contribution in [2.45, 2.75) is 19.9 Å². The van der Waals surface area contributed by atoms with Gasteiger partial charge in [-0.2, -0.15) is 0 Å². The number of halogens is 1. The number of pyridine rings is 1. The van der Waals surface area contributed by atoms with E-state index in [-0.39, 0.29) is 17.6 Å². The smallest absolute Gasteiger partial charge is 0.170 e. The van der Waals surface area contributed by atoms with Crippen molar-refractivity contribution in [3.8, 4) is 5.75 Å². The summed E-state index contributed by atoms with van der Waals surface area (Å²) in [7, 11) is 3.28. The largest absolute Gasteiger partial charge is 0.494 e. The van der Waals surface area contributed by atoms with Gasteiger partial charge < -0.3 is 10.1 Å². The minimum atomic E-state index is -0.339. The van der Waals surface area contributed by atoms with Crippen LogP contribution in [0.3, 0.4) is 0 Å². The maximum absolute atomic E-state index is 14.4. The third-order valence-electron chi connectivity index (χ3n) is 3.39. The molecule has 4 heteroatoms. The summed E-state index contributed by atoms with van der Waals surface area (Å²) >= 11 is 0. The average molecular weight is 274 g/mol. The van der Waals surface area contributed by atoms with Crippen LogP contribution in [0.2, 0.25) is 0 Å². The summed E-state index contributed by atoms with van der Waals surface area (Å²) in [6.45, 7) is 3.88. The number of aromatic nitrogens is 1. The molecule has 0 aliphatic rings. The van der Waals surface area contributed by atoms with Gasteiger partial charge in [0.2, 0.25) is 0 Å². The second-order valence-corrected chi connectivity index (χ2v) is 4.71. The van der Waals surface area contributed by atoms with Gasteiger partial charge in [0.25, 0.3) is 0 Å². The van der Waals surface area contributed by atoms with Gasteiger partial charge >= 0.3 is 0 Å². The highest BCUT2D eigenvalue weighted by atomic mass is 19.1. The van der Waals surface area contributed by atoms with Gasteiger partial charge in [0.1, 0.15) is 0 Å². The Bertz CT molecular complexity index is 613. The number of aryl methyl sites for hydroxylation is 2. The Hall–Kier alpha value is -1.94. The maximum atomic E-state index is 14.4. The van der Waals surface area contributed by atoms with Crippen LogP contribution in [0.25, 0.3) is 0 Å². The lowest BCUT2D eigenvalue weighted by molar-refractivity contribution is 0.382. The molecule has 1 N–H and O–H groups in total. The number of hydrogen-bond donors (Lipinski definition) is 1. The Morgan fingerprint density at radius 1 is 1.15 bits per heavy atom. The minimum absolute atomic E-state index is 0.250. The van der Waals surface area contributed by atoms with E-state index >= 15 is 0 Å². The molecular formula is C16H19FN2O. The molecule has 0 radical (unpaired) electrons. The predicted molar refractivity (Wildman–Crippen MR) is 77.6 cm³/mol. The normalized spacial score (nSPS) is 12.2. The molecule has 0 aliphatic heterocycles. The van der Waals surface area contributed by atoms with Crippen molar-refractivity contribution in [3.63, 3.8) is 0 Å². The van der Waals surface area contributed by atoms with E-state index < -0.39 is 0 Å². The first-order chi connectivity index (χ1) is 9.58. The van der Waals surface area contributed by atoms with Gasteiger partial charge in [-0.05, 0) is 38.6 Å². The van der Waals surface area contributed by atoms with E-state index in [1.165, 1.54) is 7.11 Å². The highest BCUT2D eigenvalue weighted by molar-refractivity contribution is 5.39. The van der Waals surface area contributed by atoms with Crippen LogP contribution in [0.15, 0.2) is 30.3 Å². The number of methoxy groups -OCH3 is 1. The highest BCUT2D eigenvalue weighted by Gasteiger charge is 2.20. The van der Waals surface area contributed by atoms with Crippen LogP contribution in [-0.4, -0.2) is 19.1 Å². The molecule has 1 unspecified atom stereocenters. The van der Waals surface area contributed by atoms with Crippen LogP contribution in [0, 0.1) is 19.7 Å². The summed E-state index contributed by atoms with van der Waals surface area (Å²) in [6, 6.07) is 8.84. The number of nitrogens with zero attached hydrogens (tertiary/aromatic N) is 1. The monoisotopic (exact) mass is 274 g/mol. The molecule has 0 saturated heterocycles. The van der Waals surface area contributed by atoms with E-state index in [1.807, 2.05) is 33.0 Å². The SMILES string of the molecule is CNC(c1ccc(C)nc1C)c1cccc(OC)c1F. The van der Waals surface area contributed by atoms with E-state index in [0.29, 0.717) is 5.56 Å². The standard InChI is InChI=1S/C16H19FN2O/c1-10-8-9-12(11(2)19-10)16(18-3)13-6-5-7-14(20-4)15(13)17/h5-9,16,18H,1-4H3. The molecule has 0 bridgehead atoms. The summed E-state index contributed by atoms with van der Waals surface area (Å²) in [5, 5.41) is 3.15. The lowest BCUT2D eigenvalue weighted by Gasteiger charge is -2.20. The molecule has 0 fully saturated rings. The van der Waals surface area contributed by atoms with Crippen molar-refractivity contribution >= 4 is 0 Å². The Balaban J connectivity index is 2.52. The van der Waals surface area contributed by atoms with E-state index in [0.717, 1.165) is 17.0 Å². The van der Waals surface area contributed by atoms with Gasteiger partial charge in [-0.3, -0.25) is 4.98 Å². The van der Waals surface area contributed by atoms with Gasteiger partial charge in [-0.15, -0.1) is 0 Å². The number of benzene rings is 1. The molecule has 1 heterocycles. The molecule has 2 aromatic rings. The van der Waals surface area contributed by atoms with Gasteiger partial charge in [-0.25, -0.2) is 4.39 Å². The fourth-order valence-corrected chi connectivity index (χ4v) is 2.39. The predicted octanol–water partition coefficient (Wildman–Crippen LogP) is 3.15. The Kier molecular flexibility index (Phi) is 4.35. The van der Waals surface area contributed by atoms with E-state index in [4.69, 9.17) is 4.74 Å². The first-order valence-electron chi connectivity index (χ1n) is 6.52. The zero-order valence-electron chi connectivity index (χ0n) is 12.2. The van der Waals surface area contributed by atoms with Crippen molar-refractivity contribution in [2.24, 2.45) is 0 Å². The van der Waals surface area contributed by atoms with Gasteiger partial charge in [0, 0.05) is 17.0 Å². The van der Waals surface area contributed by atoms with Gasteiger partial charge in [-0.1, -0.05) is 18.2 Å². The Morgan fingerprint density at radius 2 is 1.90 bits per heavy atom. The fraction of sp³-hybridized carbons (Fsp3) is 0.312. The second-order valence-electron chi connectivity index (χ2n) is 4.71. The average Bonchev–Trinajstić information content (AvgIpc) is 2.43. The molecule has 0 amide bonds. The summed E-state index contributed by atoms with van der Waals surface area (Å²) in [6.07, 6.45) is 0. The number of ether oxygens (including phenoxy) is 1. The van der Waals surface area contributed by atoms with Crippen molar-refractivity contribution in [2.75, 3.05) is 14.2 Å². The zero-order chi connectivity index (χ0) is 14.7. The zero-order valence-corrected chi connectivity index (χ0v) is 12.2. The summed E-state index contributed by atoms with van der Waals surface area (Å²) in [5.74, 6) is -0.0881. The lowest BCUT2D eigenvalue weighted by atomic mass is 9.96. The third kappa shape index (κ3) is 2.65. The van der Waals surface area contributed by atoms with Crippen LogP contribution in [0.1, 0.15) is 28.6 Å². The number of nitrogens with one attached hydrogen (secondary N) is 1. The third-order valence-corrected chi connectivity index (χ3v) is 3.39. The minimum Gasteiger partial charge on any atom is -0.494 e. The molecule has 1 aromatic carbocycles. The van der Waals surface area contributed by atoms with Crippen molar-refractivity contribution in [3.05, 3.63) is 58.7 Å². The molecule has 20 heavy (non-hydrogen) atoms. The van der Waals surface area contributed by atoms with E-state index in [1.54, 1.807) is 18.2 Å². The van der Waals surface area contributed by atoms with Crippen molar-refractivity contribution < 1.29 is 9.13 Å². The molecule has 0 saturated carbocycles. The van der Waals surface area contributed by atoms with Gasteiger partial charge in [0.15, 0.2) is 11.6 Å². The van der Waals surface area contributed by atoms with Crippen LogP contribution in [-0.2, 0) is 0 Å². The maximum Gasteiger partial charge on any atom is 0.170 e. The van der Waals surface area contributed by atoms with Gasteiger partial charge in [0.05, 0.1) is 13.2 Å². The van der Waals surface area contributed by atoms with E-state index in [9.17, 15) is 4.39 Å². The van der Waals surface area contributed by atoms with Crippen LogP contribution in [0.5, 0.6) is 5.75 Å². The van der Waals surface area contributed by atoms with Crippen LogP contribution >= 0.6 is 0 Å². The number of hydrogen-bond acceptors (Lipinski definition) is 3. The fourth-order valence-electron chi connectivity index (χ4n) is 2.39. The van der Waals surface area contributed by atoms with Crippen molar-refractivity contribution in [1.82, 2.24) is 10.3 Å². The molecular weight excluding hydrogens is 255 g/mol. The first kappa shape index (κ1) is 14.5. The topological polar surface area (TPSA) is 34.2 Å². The highest BCUT2D eigenvalue weighted by Crippen LogP contribution is 2.30. The van der Waals surface area contributed by atoms with E-state index in [2.05, 4.69) is 10.3 Å². The first-order valence-corrected chi connectivity index (χ1v) is 6.52. The summed E-state index contributed by atoms with van der Waals surface area (Å²) in [4.78, 5) is 4.45.